The molecular weight excluding hydrogens is 167 g/mol. The van der Waals surface area contributed by atoms with Crippen LogP contribution in [0.15, 0.2) is 24.3 Å². The molecule has 53 valence electrons. The molecule has 0 nitrogen and oxygen atoms in total. The number of benzene rings is 1. The van der Waals surface area contributed by atoms with Crippen LogP contribution in [0, 0.1) is 6.07 Å². The molecule has 0 fully saturated rings. The van der Waals surface area contributed by atoms with Crippen molar-refractivity contribution in [1.29, 1.82) is 0 Å². The van der Waals surface area contributed by atoms with Gasteiger partial charge in [-0.2, -0.15) is 0 Å². The number of alkyl halides is 2. The number of halogens is 2. The van der Waals surface area contributed by atoms with E-state index in [2.05, 4.69) is 6.07 Å². The van der Waals surface area contributed by atoms with Crippen molar-refractivity contribution in [2.45, 2.75) is 11.3 Å². The highest BCUT2D eigenvalue weighted by atomic mass is 35.5. The van der Waals surface area contributed by atoms with Gasteiger partial charge in [-0.3, -0.25) is 0 Å². The van der Waals surface area contributed by atoms with Gasteiger partial charge in [-0.15, -0.1) is 23.2 Å². The molecule has 0 spiro atoms. The third-order valence-electron chi connectivity index (χ3n) is 1.15. The van der Waals surface area contributed by atoms with Crippen LogP contribution in [-0.2, 0) is 6.42 Å². The minimum absolute atomic E-state index is 0.321. The standard InChI is InChI=1S/C8H7Cl2/c9-8(10)6-7-4-2-1-3-5-7/h1-4,8H,6H2. The summed E-state index contributed by atoms with van der Waals surface area (Å²) in [4.78, 5) is -0.321. The summed E-state index contributed by atoms with van der Waals surface area (Å²) in [5.74, 6) is 0. The van der Waals surface area contributed by atoms with Crippen LogP contribution in [0.5, 0.6) is 0 Å². The Balaban J connectivity index is 2.59. The van der Waals surface area contributed by atoms with E-state index in [1.165, 1.54) is 0 Å². The summed E-state index contributed by atoms with van der Waals surface area (Å²) >= 11 is 11.1. The zero-order valence-corrected chi connectivity index (χ0v) is 6.86. The van der Waals surface area contributed by atoms with E-state index in [1.807, 2.05) is 24.3 Å². The van der Waals surface area contributed by atoms with E-state index >= 15 is 0 Å². The fourth-order valence-electron chi connectivity index (χ4n) is 0.724. The zero-order valence-electron chi connectivity index (χ0n) is 5.35. The van der Waals surface area contributed by atoms with Gasteiger partial charge in [-0.1, -0.05) is 24.3 Å². The van der Waals surface area contributed by atoms with E-state index in [1.54, 1.807) is 0 Å². The third-order valence-corrected chi connectivity index (χ3v) is 1.46. The summed E-state index contributed by atoms with van der Waals surface area (Å²) in [5.41, 5.74) is 1.05. The van der Waals surface area contributed by atoms with E-state index in [9.17, 15) is 0 Å². The summed E-state index contributed by atoms with van der Waals surface area (Å²) in [6.07, 6.45) is 0.671. The van der Waals surface area contributed by atoms with Crippen molar-refractivity contribution < 1.29 is 0 Å². The Labute approximate surface area is 70.8 Å². The quantitative estimate of drug-likeness (QED) is 0.604. The van der Waals surface area contributed by atoms with Crippen LogP contribution in [0.3, 0.4) is 0 Å². The van der Waals surface area contributed by atoms with Crippen LogP contribution in [0.1, 0.15) is 5.56 Å². The van der Waals surface area contributed by atoms with E-state index in [0.717, 1.165) is 5.56 Å². The van der Waals surface area contributed by atoms with Crippen molar-refractivity contribution in [3.8, 4) is 0 Å². The lowest BCUT2D eigenvalue weighted by Gasteiger charge is -1.98. The molecule has 0 aliphatic rings. The molecule has 0 saturated heterocycles. The van der Waals surface area contributed by atoms with Crippen molar-refractivity contribution in [1.82, 2.24) is 0 Å². The molecule has 0 aliphatic heterocycles. The Morgan fingerprint density at radius 1 is 1.40 bits per heavy atom. The van der Waals surface area contributed by atoms with Gasteiger partial charge in [0.1, 0.15) is 4.84 Å². The largest absolute Gasteiger partial charge is 0.111 e. The van der Waals surface area contributed by atoms with Gasteiger partial charge in [0.15, 0.2) is 0 Å². The molecule has 1 aromatic carbocycles. The van der Waals surface area contributed by atoms with Crippen LogP contribution < -0.4 is 0 Å². The average Bonchev–Trinajstić information content (AvgIpc) is 1.88. The molecule has 0 amide bonds. The second kappa shape index (κ2) is 3.85. The first-order valence-corrected chi connectivity index (χ1v) is 3.90. The van der Waals surface area contributed by atoms with Gasteiger partial charge in [-0.05, 0) is 11.6 Å². The highest BCUT2D eigenvalue weighted by molar-refractivity contribution is 6.44. The molecule has 0 heterocycles. The Morgan fingerprint density at radius 2 is 2.20 bits per heavy atom. The van der Waals surface area contributed by atoms with Gasteiger partial charge in [0.2, 0.25) is 0 Å². The van der Waals surface area contributed by atoms with Gasteiger partial charge in [-0.25, -0.2) is 0 Å². The third kappa shape index (κ3) is 2.59. The lowest BCUT2D eigenvalue weighted by atomic mass is 10.2. The van der Waals surface area contributed by atoms with Crippen LogP contribution in [0.2, 0.25) is 0 Å². The predicted octanol–water partition coefficient (Wildman–Crippen LogP) is 2.83. The topological polar surface area (TPSA) is 0 Å². The van der Waals surface area contributed by atoms with E-state index in [4.69, 9.17) is 23.2 Å². The number of rotatable bonds is 2. The van der Waals surface area contributed by atoms with Crippen molar-refractivity contribution in [3.63, 3.8) is 0 Å². The Kier molecular flexibility index (Phi) is 3.04. The molecule has 0 aliphatic carbocycles. The highest BCUT2D eigenvalue weighted by Gasteiger charge is 1.98. The second-order valence-corrected chi connectivity index (χ2v) is 3.26. The molecular formula is C8H7Cl2. The average molecular weight is 174 g/mol. The summed E-state index contributed by atoms with van der Waals surface area (Å²) in [5, 5.41) is 0. The first kappa shape index (κ1) is 7.90. The van der Waals surface area contributed by atoms with Crippen LogP contribution >= 0.6 is 23.2 Å². The zero-order chi connectivity index (χ0) is 7.40. The molecule has 0 saturated carbocycles. The Bertz CT molecular complexity index is 182. The summed E-state index contributed by atoms with van der Waals surface area (Å²) in [7, 11) is 0. The molecule has 1 radical (unpaired) electrons. The van der Waals surface area contributed by atoms with Crippen LogP contribution in [0.25, 0.3) is 0 Å². The van der Waals surface area contributed by atoms with Gasteiger partial charge in [0, 0.05) is 6.42 Å². The fourth-order valence-corrected chi connectivity index (χ4v) is 1.06. The number of hydrogen-bond acceptors (Lipinski definition) is 0. The normalized spacial score (nSPS) is 10.3. The molecule has 1 aromatic rings. The smallest absolute Gasteiger partial charge is 0.105 e. The Morgan fingerprint density at radius 3 is 2.70 bits per heavy atom. The van der Waals surface area contributed by atoms with Crippen molar-refractivity contribution in [2.75, 3.05) is 0 Å². The number of hydrogen-bond donors (Lipinski definition) is 0. The molecule has 1 rings (SSSR count). The predicted molar refractivity (Wildman–Crippen MR) is 44.5 cm³/mol. The molecule has 0 atom stereocenters. The van der Waals surface area contributed by atoms with Gasteiger partial charge in [0.05, 0.1) is 0 Å². The minimum Gasteiger partial charge on any atom is -0.105 e. The lowest BCUT2D eigenvalue weighted by Crippen LogP contribution is -1.92. The summed E-state index contributed by atoms with van der Waals surface area (Å²) in [6, 6.07) is 10.7. The summed E-state index contributed by atoms with van der Waals surface area (Å²) in [6.45, 7) is 0. The molecule has 0 unspecified atom stereocenters. The van der Waals surface area contributed by atoms with Crippen LogP contribution in [0.4, 0.5) is 0 Å². The van der Waals surface area contributed by atoms with E-state index in [-0.39, 0.29) is 4.84 Å². The van der Waals surface area contributed by atoms with Gasteiger partial charge in [0.25, 0.3) is 0 Å². The SMILES string of the molecule is ClC(Cl)Cc1[c]cccc1. The maximum Gasteiger partial charge on any atom is 0.111 e. The van der Waals surface area contributed by atoms with E-state index in [0.29, 0.717) is 6.42 Å². The molecule has 0 N–H and O–H groups in total. The van der Waals surface area contributed by atoms with Crippen molar-refractivity contribution in [3.05, 3.63) is 35.9 Å². The molecule has 10 heavy (non-hydrogen) atoms. The van der Waals surface area contributed by atoms with E-state index < -0.39 is 0 Å². The highest BCUT2D eigenvalue weighted by Crippen LogP contribution is 2.09. The lowest BCUT2D eigenvalue weighted by molar-refractivity contribution is 1.08. The molecule has 2 heteroatoms. The van der Waals surface area contributed by atoms with Crippen molar-refractivity contribution >= 4 is 23.2 Å². The monoisotopic (exact) mass is 173 g/mol. The van der Waals surface area contributed by atoms with Gasteiger partial charge < -0.3 is 0 Å². The van der Waals surface area contributed by atoms with Crippen LogP contribution in [-0.4, -0.2) is 4.84 Å². The first-order valence-electron chi connectivity index (χ1n) is 3.03. The maximum atomic E-state index is 5.56. The van der Waals surface area contributed by atoms with Crippen molar-refractivity contribution in [2.24, 2.45) is 0 Å². The fraction of sp³-hybridized carbons (Fsp3) is 0.250. The molecule has 0 aromatic heterocycles. The van der Waals surface area contributed by atoms with Gasteiger partial charge >= 0.3 is 0 Å². The first-order chi connectivity index (χ1) is 4.79. The Hall–Kier alpha value is -0.200. The second-order valence-electron chi connectivity index (χ2n) is 1.98. The summed E-state index contributed by atoms with van der Waals surface area (Å²) < 4.78 is 0. The molecule has 0 bridgehead atoms. The minimum atomic E-state index is -0.321. The maximum absolute atomic E-state index is 5.56.